The van der Waals surface area contributed by atoms with Crippen molar-refractivity contribution >= 4 is 23.6 Å². The largest absolute Gasteiger partial charge is 0.351 e. The van der Waals surface area contributed by atoms with Crippen molar-refractivity contribution in [2.75, 3.05) is 6.54 Å². The second kappa shape index (κ2) is 8.32. The lowest BCUT2D eigenvalue weighted by Crippen LogP contribution is -2.25. The van der Waals surface area contributed by atoms with Gasteiger partial charge in [0, 0.05) is 12.1 Å². The highest BCUT2D eigenvalue weighted by molar-refractivity contribution is 6.31. The van der Waals surface area contributed by atoms with E-state index in [0.29, 0.717) is 23.0 Å². The molecule has 124 valence electrons. The summed E-state index contributed by atoms with van der Waals surface area (Å²) in [5, 5.41) is 16.8. The van der Waals surface area contributed by atoms with E-state index in [1.54, 1.807) is 11.6 Å². The van der Waals surface area contributed by atoms with Crippen molar-refractivity contribution < 1.29 is 4.79 Å². The number of rotatable bonds is 6. The van der Waals surface area contributed by atoms with Crippen LogP contribution in [0.3, 0.4) is 0 Å². The van der Waals surface area contributed by atoms with Gasteiger partial charge in [0.15, 0.2) is 0 Å². The van der Waals surface area contributed by atoms with Gasteiger partial charge in [-0.1, -0.05) is 43.1 Å². The van der Waals surface area contributed by atoms with Crippen LogP contribution < -0.4 is 5.32 Å². The van der Waals surface area contributed by atoms with Crippen LogP contribution in [0.25, 0.3) is 11.8 Å². The van der Waals surface area contributed by atoms with Gasteiger partial charge in [0.25, 0.3) is 5.91 Å². The van der Waals surface area contributed by atoms with Crippen LogP contribution >= 0.6 is 11.6 Å². The molecule has 0 spiro atoms. The van der Waals surface area contributed by atoms with Crippen LogP contribution in [0, 0.1) is 18.3 Å². The number of halogens is 1. The van der Waals surface area contributed by atoms with Crippen LogP contribution in [0.15, 0.2) is 35.9 Å². The number of aromatic nitrogens is 2. The van der Waals surface area contributed by atoms with E-state index < -0.39 is 5.91 Å². The Morgan fingerprint density at radius 2 is 2.12 bits per heavy atom. The third kappa shape index (κ3) is 4.03. The van der Waals surface area contributed by atoms with E-state index in [2.05, 4.69) is 10.4 Å². The van der Waals surface area contributed by atoms with Gasteiger partial charge >= 0.3 is 0 Å². The molecule has 0 fully saturated rings. The molecule has 0 unspecified atom stereocenters. The van der Waals surface area contributed by atoms with E-state index in [0.717, 1.165) is 18.5 Å². The second-order valence-corrected chi connectivity index (χ2v) is 5.67. The number of benzene rings is 1. The molecule has 0 bridgehead atoms. The van der Waals surface area contributed by atoms with Gasteiger partial charge in [-0.25, -0.2) is 4.68 Å². The number of nitriles is 1. The number of nitrogens with one attached hydrogen (secondary N) is 1. The molecule has 0 aliphatic carbocycles. The molecule has 2 aromatic rings. The van der Waals surface area contributed by atoms with Crippen LogP contribution in [0.1, 0.15) is 31.0 Å². The Morgan fingerprint density at radius 3 is 2.75 bits per heavy atom. The van der Waals surface area contributed by atoms with Crippen molar-refractivity contribution in [1.82, 2.24) is 15.1 Å². The van der Waals surface area contributed by atoms with E-state index in [1.807, 2.05) is 43.3 Å². The maximum absolute atomic E-state index is 12.1. The van der Waals surface area contributed by atoms with Crippen molar-refractivity contribution in [3.8, 4) is 11.8 Å². The van der Waals surface area contributed by atoms with Gasteiger partial charge in [-0.3, -0.25) is 4.79 Å². The fourth-order valence-electron chi connectivity index (χ4n) is 2.18. The zero-order valence-corrected chi connectivity index (χ0v) is 14.5. The summed E-state index contributed by atoms with van der Waals surface area (Å²) >= 11 is 6.41. The van der Waals surface area contributed by atoms with Gasteiger partial charge in [-0.05, 0) is 31.6 Å². The molecular formula is C18H19ClN4O. The van der Waals surface area contributed by atoms with Gasteiger partial charge < -0.3 is 5.32 Å². The molecule has 2 rings (SSSR count). The van der Waals surface area contributed by atoms with E-state index in [1.165, 1.54) is 6.08 Å². The lowest BCUT2D eigenvalue weighted by atomic mass is 10.1. The summed E-state index contributed by atoms with van der Waals surface area (Å²) in [7, 11) is 0. The molecule has 1 aromatic carbocycles. The molecular weight excluding hydrogens is 324 g/mol. The Hall–Kier alpha value is -2.58. The van der Waals surface area contributed by atoms with Gasteiger partial charge in [0.2, 0.25) is 0 Å². The van der Waals surface area contributed by atoms with Crippen molar-refractivity contribution in [2.45, 2.75) is 26.7 Å². The van der Waals surface area contributed by atoms with Gasteiger partial charge in [0.05, 0.1) is 11.4 Å². The van der Waals surface area contributed by atoms with E-state index in [-0.39, 0.29) is 5.57 Å². The molecule has 0 radical (unpaired) electrons. The summed E-state index contributed by atoms with van der Waals surface area (Å²) < 4.78 is 1.59. The second-order valence-electron chi connectivity index (χ2n) is 5.32. The third-order valence-electron chi connectivity index (χ3n) is 3.52. The molecule has 0 saturated carbocycles. The van der Waals surface area contributed by atoms with Crippen LogP contribution in [0.5, 0.6) is 0 Å². The summed E-state index contributed by atoms with van der Waals surface area (Å²) in [6.07, 6.45) is 3.34. The lowest BCUT2D eigenvalue weighted by Gasteiger charge is -2.03. The van der Waals surface area contributed by atoms with Crippen molar-refractivity contribution in [2.24, 2.45) is 0 Å². The fraction of sp³-hybridized carbons (Fsp3) is 0.278. The first-order valence-electron chi connectivity index (χ1n) is 7.79. The average molecular weight is 343 g/mol. The number of unbranched alkanes of at least 4 members (excludes halogenated alkanes) is 1. The maximum atomic E-state index is 12.1. The smallest absolute Gasteiger partial charge is 0.261 e. The van der Waals surface area contributed by atoms with Crippen LogP contribution in [-0.2, 0) is 4.79 Å². The highest BCUT2D eigenvalue weighted by Crippen LogP contribution is 2.25. The molecule has 0 atom stereocenters. The van der Waals surface area contributed by atoms with Gasteiger partial charge in [-0.15, -0.1) is 0 Å². The Bertz CT molecular complexity index is 787. The number of para-hydroxylation sites is 1. The monoisotopic (exact) mass is 342 g/mol. The molecule has 0 aliphatic rings. The predicted octanol–water partition coefficient (Wildman–Crippen LogP) is 3.66. The third-order valence-corrected chi connectivity index (χ3v) is 3.88. The van der Waals surface area contributed by atoms with E-state index >= 15 is 0 Å². The van der Waals surface area contributed by atoms with E-state index in [9.17, 15) is 10.1 Å². The lowest BCUT2D eigenvalue weighted by molar-refractivity contribution is -0.117. The first-order valence-corrected chi connectivity index (χ1v) is 8.16. The minimum atomic E-state index is -0.395. The first kappa shape index (κ1) is 17.8. The highest BCUT2D eigenvalue weighted by Gasteiger charge is 2.16. The quantitative estimate of drug-likeness (QED) is 0.494. The Morgan fingerprint density at radius 1 is 1.42 bits per heavy atom. The Kier molecular flexibility index (Phi) is 6.16. The van der Waals surface area contributed by atoms with Gasteiger partial charge in [-0.2, -0.15) is 10.4 Å². The molecule has 0 saturated heterocycles. The summed E-state index contributed by atoms with van der Waals surface area (Å²) in [6.45, 7) is 4.37. The summed E-state index contributed by atoms with van der Waals surface area (Å²) in [6, 6.07) is 11.4. The number of aryl methyl sites for hydroxylation is 1. The normalized spacial score (nSPS) is 11.2. The number of hydrogen-bond acceptors (Lipinski definition) is 3. The first-order chi connectivity index (χ1) is 11.6. The minimum absolute atomic E-state index is 0.0173. The van der Waals surface area contributed by atoms with Gasteiger partial charge in [0.1, 0.15) is 16.8 Å². The topological polar surface area (TPSA) is 70.7 Å². The fourth-order valence-corrected chi connectivity index (χ4v) is 2.51. The molecule has 24 heavy (non-hydrogen) atoms. The van der Waals surface area contributed by atoms with Crippen LogP contribution in [-0.4, -0.2) is 22.2 Å². The number of amides is 1. The number of carbonyl (C=O) groups is 1. The molecule has 1 N–H and O–H groups in total. The SMILES string of the molecule is CCCCNC(=O)/C(C#N)=C/c1c(C)nn(-c2ccccc2)c1Cl. The standard InChI is InChI=1S/C18H19ClN4O/c1-3-4-10-21-18(24)14(12-20)11-16-13(2)22-23(17(16)19)15-8-6-5-7-9-15/h5-9,11H,3-4,10H2,1-2H3,(H,21,24)/b14-11+. The Labute approximate surface area is 146 Å². The summed E-state index contributed by atoms with van der Waals surface area (Å²) in [4.78, 5) is 12.1. The highest BCUT2D eigenvalue weighted by atomic mass is 35.5. The molecule has 5 nitrogen and oxygen atoms in total. The predicted molar refractivity (Wildman–Crippen MR) is 94.8 cm³/mol. The van der Waals surface area contributed by atoms with Crippen LogP contribution in [0.4, 0.5) is 0 Å². The summed E-state index contributed by atoms with van der Waals surface area (Å²) in [5.41, 5.74) is 2.06. The number of carbonyl (C=O) groups excluding carboxylic acids is 1. The minimum Gasteiger partial charge on any atom is -0.351 e. The van der Waals surface area contributed by atoms with Crippen LogP contribution in [0.2, 0.25) is 5.15 Å². The number of hydrogen-bond donors (Lipinski definition) is 1. The maximum Gasteiger partial charge on any atom is 0.261 e. The van der Waals surface area contributed by atoms with E-state index in [4.69, 9.17) is 11.6 Å². The molecule has 1 heterocycles. The van der Waals surface area contributed by atoms with Crippen molar-refractivity contribution in [1.29, 1.82) is 5.26 Å². The average Bonchev–Trinajstić information content (AvgIpc) is 2.88. The molecule has 1 amide bonds. The zero-order chi connectivity index (χ0) is 17.5. The van der Waals surface area contributed by atoms with Crippen molar-refractivity contribution in [3.63, 3.8) is 0 Å². The summed E-state index contributed by atoms with van der Waals surface area (Å²) in [5.74, 6) is -0.395. The molecule has 1 aromatic heterocycles. The zero-order valence-electron chi connectivity index (χ0n) is 13.7. The molecule has 6 heteroatoms. The van der Waals surface area contributed by atoms with Crippen molar-refractivity contribution in [3.05, 3.63) is 52.3 Å². The Balaban J connectivity index is 2.33. The number of nitrogens with zero attached hydrogens (tertiary/aromatic N) is 3. The molecule has 0 aliphatic heterocycles.